The summed E-state index contributed by atoms with van der Waals surface area (Å²) in [5.41, 5.74) is 5.82. The van der Waals surface area contributed by atoms with E-state index in [0.717, 1.165) is 5.65 Å². The maximum Gasteiger partial charge on any atom is 0.243 e. The number of hydrogen-bond acceptors (Lipinski definition) is 4. The molecule has 1 amide bonds. The van der Waals surface area contributed by atoms with Crippen molar-refractivity contribution in [1.82, 2.24) is 14.6 Å². The minimum atomic E-state index is -0.287. The Balaban J connectivity index is 1.92. The molecule has 2 aromatic rings. The third-order valence-corrected chi connectivity index (χ3v) is 2.12. The molecule has 2 heterocycles. The van der Waals surface area contributed by atoms with Crippen molar-refractivity contribution < 1.29 is 4.79 Å². The highest BCUT2D eigenvalue weighted by atomic mass is 16.1. The molecular formula is C10H13N5O. The number of aromatic nitrogens is 3. The Labute approximate surface area is 92.5 Å². The number of hydrogen-bond donors (Lipinski definition) is 2. The van der Waals surface area contributed by atoms with Gasteiger partial charge in [0.1, 0.15) is 0 Å². The maximum absolute atomic E-state index is 10.5. The molecule has 0 spiro atoms. The van der Waals surface area contributed by atoms with Crippen molar-refractivity contribution in [3.8, 4) is 0 Å². The first-order valence-electron chi connectivity index (χ1n) is 5.09. The summed E-state index contributed by atoms with van der Waals surface area (Å²) in [7, 11) is 0. The summed E-state index contributed by atoms with van der Waals surface area (Å²) in [5, 5.41) is 7.25. The SMILES string of the molecule is NC(=O)CCCNc1nc2ccccn2n1. The minimum Gasteiger partial charge on any atom is -0.370 e. The highest BCUT2D eigenvalue weighted by Crippen LogP contribution is 2.04. The second kappa shape index (κ2) is 4.61. The molecule has 0 aliphatic carbocycles. The number of nitrogens with two attached hydrogens (primary N) is 1. The van der Waals surface area contributed by atoms with E-state index >= 15 is 0 Å². The Morgan fingerprint density at radius 2 is 2.38 bits per heavy atom. The summed E-state index contributed by atoms with van der Waals surface area (Å²) >= 11 is 0. The first-order valence-corrected chi connectivity index (χ1v) is 5.09. The molecule has 0 saturated carbocycles. The summed E-state index contributed by atoms with van der Waals surface area (Å²) in [4.78, 5) is 14.8. The average molecular weight is 219 g/mol. The minimum absolute atomic E-state index is 0.287. The number of pyridine rings is 1. The van der Waals surface area contributed by atoms with Crippen LogP contribution in [0.2, 0.25) is 0 Å². The molecule has 16 heavy (non-hydrogen) atoms. The highest BCUT2D eigenvalue weighted by Gasteiger charge is 2.01. The van der Waals surface area contributed by atoms with Crippen LogP contribution < -0.4 is 11.1 Å². The Morgan fingerprint density at radius 1 is 1.50 bits per heavy atom. The number of nitrogens with zero attached hydrogens (tertiary/aromatic N) is 3. The summed E-state index contributed by atoms with van der Waals surface area (Å²) in [6.07, 6.45) is 2.89. The average Bonchev–Trinajstić information content (AvgIpc) is 2.66. The normalized spacial score (nSPS) is 10.5. The fourth-order valence-electron chi connectivity index (χ4n) is 1.37. The van der Waals surface area contributed by atoms with E-state index in [9.17, 15) is 4.79 Å². The molecule has 84 valence electrons. The number of primary amides is 1. The van der Waals surface area contributed by atoms with Gasteiger partial charge in [0.2, 0.25) is 11.9 Å². The molecule has 0 aliphatic heterocycles. The van der Waals surface area contributed by atoms with E-state index in [0.29, 0.717) is 25.3 Å². The molecule has 0 aromatic carbocycles. The predicted molar refractivity (Wildman–Crippen MR) is 59.9 cm³/mol. The second-order valence-corrected chi connectivity index (χ2v) is 3.44. The first-order chi connectivity index (χ1) is 7.75. The van der Waals surface area contributed by atoms with Crippen molar-refractivity contribution in [2.24, 2.45) is 5.73 Å². The van der Waals surface area contributed by atoms with Crippen LogP contribution in [0, 0.1) is 0 Å². The number of amides is 1. The molecule has 3 N–H and O–H groups in total. The Morgan fingerprint density at radius 3 is 3.12 bits per heavy atom. The molecule has 0 radical (unpaired) electrons. The van der Waals surface area contributed by atoms with E-state index in [1.165, 1.54) is 0 Å². The predicted octanol–water partition coefficient (Wildman–Crippen LogP) is 0.407. The van der Waals surface area contributed by atoms with Gasteiger partial charge in [-0.2, -0.15) is 4.98 Å². The third kappa shape index (κ3) is 2.47. The van der Waals surface area contributed by atoms with E-state index in [-0.39, 0.29) is 5.91 Å². The van der Waals surface area contributed by atoms with Gasteiger partial charge in [0, 0.05) is 19.2 Å². The largest absolute Gasteiger partial charge is 0.370 e. The summed E-state index contributed by atoms with van der Waals surface area (Å²) in [6.45, 7) is 0.639. The van der Waals surface area contributed by atoms with Crippen molar-refractivity contribution in [3.05, 3.63) is 24.4 Å². The molecule has 0 unspecified atom stereocenters. The molecule has 2 aromatic heterocycles. The van der Waals surface area contributed by atoms with E-state index in [1.807, 2.05) is 24.4 Å². The summed E-state index contributed by atoms with van der Waals surface area (Å²) < 4.78 is 1.69. The van der Waals surface area contributed by atoms with Gasteiger partial charge >= 0.3 is 0 Å². The van der Waals surface area contributed by atoms with Crippen molar-refractivity contribution in [2.75, 3.05) is 11.9 Å². The lowest BCUT2D eigenvalue weighted by molar-refractivity contribution is -0.118. The Hall–Kier alpha value is -2.11. The molecule has 0 saturated heterocycles. The van der Waals surface area contributed by atoms with Gasteiger partial charge in [0.25, 0.3) is 0 Å². The summed E-state index contributed by atoms with van der Waals surface area (Å²) in [5.74, 6) is 0.278. The fourth-order valence-corrected chi connectivity index (χ4v) is 1.37. The quantitative estimate of drug-likeness (QED) is 0.713. The van der Waals surface area contributed by atoms with E-state index in [4.69, 9.17) is 5.73 Å². The zero-order valence-corrected chi connectivity index (χ0v) is 8.76. The zero-order valence-electron chi connectivity index (χ0n) is 8.76. The van der Waals surface area contributed by atoms with Gasteiger partial charge in [-0.1, -0.05) is 6.07 Å². The maximum atomic E-state index is 10.5. The first kappa shape index (κ1) is 10.4. The molecule has 0 atom stereocenters. The van der Waals surface area contributed by atoms with E-state index in [2.05, 4.69) is 15.4 Å². The van der Waals surface area contributed by atoms with Gasteiger partial charge in [0.15, 0.2) is 5.65 Å². The van der Waals surface area contributed by atoms with Crippen LogP contribution >= 0.6 is 0 Å². The van der Waals surface area contributed by atoms with Crippen LogP contribution in [0.25, 0.3) is 5.65 Å². The van der Waals surface area contributed by atoms with Gasteiger partial charge in [-0.3, -0.25) is 4.79 Å². The number of fused-ring (bicyclic) bond motifs is 1. The number of anilines is 1. The van der Waals surface area contributed by atoms with Crippen LogP contribution in [0.1, 0.15) is 12.8 Å². The number of rotatable bonds is 5. The molecular weight excluding hydrogens is 206 g/mol. The second-order valence-electron chi connectivity index (χ2n) is 3.44. The van der Waals surface area contributed by atoms with Gasteiger partial charge in [-0.25, -0.2) is 4.52 Å². The molecule has 0 fully saturated rings. The van der Waals surface area contributed by atoms with Gasteiger partial charge in [-0.05, 0) is 18.6 Å². The molecule has 2 rings (SSSR count). The Bertz CT molecular complexity index is 460. The van der Waals surface area contributed by atoms with Crippen molar-refractivity contribution >= 4 is 17.5 Å². The van der Waals surface area contributed by atoms with Crippen molar-refractivity contribution in [2.45, 2.75) is 12.8 Å². The van der Waals surface area contributed by atoms with Gasteiger partial charge in [-0.15, -0.1) is 5.10 Å². The van der Waals surface area contributed by atoms with Crippen molar-refractivity contribution in [3.63, 3.8) is 0 Å². The summed E-state index contributed by atoms with van der Waals surface area (Å²) in [6, 6.07) is 5.67. The number of carbonyl (C=O) groups is 1. The molecule has 6 nitrogen and oxygen atoms in total. The smallest absolute Gasteiger partial charge is 0.243 e. The van der Waals surface area contributed by atoms with Crippen LogP contribution in [0.5, 0.6) is 0 Å². The van der Waals surface area contributed by atoms with Gasteiger partial charge < -0.3 is 11.1 Å². The standard InChI is InChI=1S/C10H13N5O/c11-8(16)4-3-6-12-10-13-9-5-1-2-7-15(9)14-10/h1-2,5,7H,3-4,6H2,(H2,11,16)(H,12,14). The Kier molecular flexibility index (Phi) is 3.00. The molecule has 6 heteroatoms. The van der Waals surface area contributed by atoms with Crippen LogP contribution in [0.4, 0.5) is 5.95 Å². The van der Waals surface area contributed by atoms with Crippen LogP contribution in [0.3, 0.4) is 0 Å². The van der Waals surface area contributed by atoms with Crippen LogP contribution in [-0.2, 0) is 4.79 Å². The molecule has 0 bridgehead atoms. The number of carbonyl (C=O) groups excluding carboxylic acids is 1. The lowest BCUT2D eigenvalue weighted by atomic mass is 10.3. The number of nitrogens with one attached hydrogen (secondary N) is 1. The molecule has 0 aliphatic rings. The monoisotopic (exact) mass is 219 g/mol. The topological polar surface area (TPSA) is 85.3 Å². The third-order valence-electron chi connectivity index (χ3n) is 2.12. The zero-order chi connectivity index (χ0) is 11.4. The lowest BCUT2D eigenvalue weighted by Crippen LogP contribution is -2.13. The fraction of sp³-hybridized carbons (Fsp3) is 0.300. The van der Waals surface area contributed by atoms with Gasteiger partial charge in [0.05, 0.1) is 0 Å². The van der Waals surface area contributed by atoms with Crippen LogP contribution in [-0.4, -0.2) is 27.0 Å². The van der Waals surface area contributed by atoms with Crippen LogP contribution in [0.15, 0.2) is 24.4 Å². The van der Waals surface area contributed by atoms with Crippen molar-refractivity contribution in [1.29, 1.82) is 0 Å². The highest BCUT2D eigenvalue weighted by molar-refractivity contribution is 5.73. The van der Waals surface area contributed by atoms with E-state index < -0.39 is 0 Å². The lowest BCUT2D eigenvalue weighted by Gasteiger charge is -1.98. The van der Waals surface area contributed by atoms with E-state index in [1.54, 1.807) is 4.52 Å².